The fourth-order valence-corrected chi connectivity index (χ4v) is 7.98. The number of hydrogen-bond acceptors (Lipinski definition) is 4. The summed E-state index contributed by atoms with van der Waals surface area (Å²) in [5.41, 5.74) is 4.23. The van der Waals surface area contributed by atoms with Gasteiger partial charge in [0.2, 0.25) is 10.0 Å². The van der Waals surface area contributed by atoms with Crippen molar-refractivity contribution >= 4 is 31.8 Å². The molecule has 1 fully saturated rings. The van der Waals surface area contributed by atoms with Gasteiger partial charge in [0.15, 0.2) is 0 Å². The molecule has 0 aliphatic heterocycles. The van der Waals surface area contributed by atoms with Crippen molar-refractivity contribution in [2.45, 2.75) is 43.7 Å². The van der Waals surface area contributed by atoms with Crippen molar-refractivity contribution < 1.29 is 8.42 Å². The van der Waals surface area contributed by atoms with Gasteiger partial charge in [0, 0.05) is 41.3 Å². The largest absolute Gasteiger partial charge is 0.348 e. The van der Waals surface area contributed by atoms with Crippen molar-refractivity contribution in [2.24, 2.45) is 13.0 Å². The van der Waals surface area contributed by atoms with Gasteiger partial charge >= 0.3 is 5.69 Å². The fourth-order valence-electron chi connectivity index (χ4n) is 6.72. The topological polar surface area (TPSA) is 118 Å². The van der Waals surface area contributed by atoms with E-state index in [0.29, 0.717) is 16.9 Å². The van der Waals surface area contributed by atoms with Crippen molar-refractivity contribution in [3.8, 4) is 23.0 Å². The fraction of sp³-hybridized carbons (Fsp3) is 0.235. The summed E-state index contributed by atoms with van der Waals surface area (Å²) in [6, 6.07) is 24.6. The summed E-state index contributed by atoms with van der Waals surface area (Å²) in [5.74, 6) is 0.0702. The second-order valence-corrected chi connectivity index (χ2v) is 13.3. The molecule has 1 atom stereocenters. The van der Waals surface area contributed by atoms with E-state index in [-0.39, 0.29) is 16.5 Å². The molecule has 0 amide bonds. The van der Waals surface area contributed by atoms with Crippen LogP contribution < -0.4 is 10.4 Å². The predicted molar refractivity (Wildman–Crippen MR) is 171 cm³/mol. The molecule has 1 aliphatic rings. The van der Waals surface area contributed by atoms with Gasteiger partial charge in [0.1, 0.15) is 17.9 Å². The molecule has 1 saturated carbocycles. The van der Waals surface area contributed by atoms with Crippen LogP contribution in [0.3, 0.4) is 0 Å². The SMILES string of the molecule is Cc1ccc(S(=O)(=O)NC(C2CCCC2)n2cc(-c3c(C#N)[nH]c(=O)n3-c3cn(C)c4ccccc34)c3ccccc32)cc1. The molecule has 7 rings (SSSR count). The van der Waals surface area contributed by atoms with Crippen LogP contribution in [0.25, 0.3) is 38.8 Å². The van der Waals surface area contributed by atoms with Gasteiger partial charge in [0.25, 0.3) is 0 Å². The average molecular weight is 605 g/mol. The third kappa shape index (κ3) is 4.56. The van der Waals surface area contributed by atoms with E-state index in [4.69, 9.17) is 0 Å². The highest BCUT2D eigenvalue weighted by atomic mass is 32.2. The average Bonchev–Trinajstić information content (AvgIpc) is 3.81. The first-order valence-corrected chi connectivity index (χ1v) is 16.2. The molecule has 0 radical (unpaired) electrons. The molecule has 0 saturated heterocycles. The maximum atomic E-state index is 13.7. The van der Waals surface area contributed by atoms with Crippen molar-refractivity contribution in [3.05, 3.63) is 107 Å². The molecule has 6 aromatic rings. The Labute approximate surface area is 255 Å². The van der Waals surface area contributed by atoms with Crippen molar-refractivity contribution in [3.63, 3.8) is 0 Å². The second-order valence-electron chi connectivity index (χ2n) is 11.6. The molecule has 0 bridgehead atoms. The number of hydrogen-bond donors (Lipinski definition) is 2. The van der Waals surface area contributed by atoms with E-state index >= 15 is 0 Å². The van der Waals surface area contributed by atoms with Crippen molar-refractivity contribution in [1.29, 1.82) is 5.26 Å². The minimum absolute atomic E-state index is 0.0702. The predicted octanol–water partition coefficient (Wildman–Crippen LogP) is 6.13. The van der Waals surface area contributed by atoms with Crippen LogP contribution in [0, 0.1) is 24.2 Å². The Morgan fingerprint density at radius 2 is 1.59 bits per heavy atom. The number of nitriles is 1. The highest BCUT2D eigenvalue weighted by molar-refractivity contribution is 7.89. The lowest BCUT2D eigenvalue weighted by molar-refractivity contribution is 0.322. The molecule has 3 aromatic heterocycles. The van der Waals surface area contributed by atoms with Crippen molar-refractivity contribution in [2.75, 3.05) is 0 Å². The molecule has 9 nitrogen and oxygen atoms in total. The van der Waals surface area contributed by atoms with Gasteiger partial charge in [0.05, 0.1) is 21.8 Å². The van der Waals surface area contributed by atoms with E-state index in [1.165, 1.54) is 0 Å². The second kappa shape index (κ2) is 10.7. The minimum Gasteiger partial charge on any atom is -0.348 e. The first-order valence-electron chi connectivity index (χ1n) is 14.8. The summed E-state index contributed by atoms with van der Waals surface area (Å²) >= 11 is 0. The standard InChI is InChI=1S/C34H32N6O3S/c1-22-15-17-24(18-16-22)44(42,43)37-33(23-9-3-4-10-23)39-20-27(25-11-5-8-14-30(25)39)32-28(19-35)36-34(41)40(32)31-21-38(2)29-13-7-6-12-26(29)31/h5-8,11-18,20-21,23,33,37H,3-4,9-10H2,1-2H3,(H,36,41). The highest BCUT2D eigenvalue weighted by Crippen LogP contribution is 2.40. The Kier molecular flexibility index (Phi) is 6.80. The number of aromatic nitrogens is 4. The quantitative estimate of drug-likeness (QED) is 0.228. The number of H-pyrrole nitrogens is 1. The number of aromatic amines is 1. The molecule has 0 spiro atoms. The molecular formula is C34H32N6O3S. The number of benzene rings is 3. The summed E-state index contributed by atoms with van der Waals surface area (Å²) in [5, 5.41) is 11.9. The van der Waals surface area contributed by atoms with Gasteiger partial charge in [-0.05, 0) is 49.9 Å². The minimum atomic E-state index is -3.85. The van der Waals surface area contributed by atoms with Crippen LogP contribution in [-0.2, 0) is 17.1 Å². The van der Waals surface area contributed by atoms with Crippen LogP contribution in [0.1, 0.15) is 43.1 Å². The smallest absolute Gasteiger partial charge is 0.331 e. The van der Waals surface area contributed by atoms with E-state index in [1.807, 2.05) is 84.0 Å². The summed E-state index contributed by atoms with van der Waals surface area (Å²) in [7, 11) is -1.93. The lowest BCUT2D eigenvalue weighted by Gasteiger charge is -2.27. The van der Waals surface area contributed by atoms with Crippen LogP contribution in [0.2, 0.25) is 0 Å². The molecule has 44 heavy (non-hydrogen) atoms. The van der Waals surface area contributed by atoms with Gasteiger partial charge < -0.3 is 9.13 Å². The van der Waals surface area contributed by atoms with E-state index in [2.05, 4.69) is 15.8 Å². The summed E-state index contributed by atoms with van der Waals surface area (Å²) in [6.07, 6.45) is 7.04. The van der Waals surface area contributed by atoms with Gasteiger partial charge in [-0.2, -0.15) is 9.98 Å². The van der Waals surface area contributed by atoms with E-state index < -0.39 is 21.9 Å². The number of nitrogens with one attached hydrogen (secondary N) is 2. The van der Waals surface area contributed by atoms with Gasteiger partial charge in [-0.1, -0.05) is 66.9 Å². The van der Waals surface area contributed by atoms with Crippen LogP contribution in [0.15, 0.2) is 94.9 Å². The number of fused-ring (bicyclic) bond motifs is 2. The lowest BCUT2D eigenvalue weighted by atomic mass is 10.1. The number of nitrogens with zero attached hydrogens (tertiary/aromatic N) is 4. The molecule has 1 aliphatic carbocycles. The normalized spacial score (nSPS) is 14.8. The number of rotatable bonds is 7. The van der Waals surface area contributed by atoms with Gasteiger partial charge in [-0.25, -0.2) is 13.2 Å². The van der Waals surface area contributed by atoms with E-state index in [1.54, 1.807) is 28.8 Å². The zero-order valence-corrected chi connectivity index (χ0v) is 25.3. The van der Waals surface area contributed by atoms with Crippen LogP contribution in [0.5, 0.6) is 0 Å². The molecule has 1 unspecified atom stereocenters. The van der Waals surface area contributed by atoms with Crippen LogP contribution >= 0.6 is 0 Å². The number of imidazole rings is 1. The first-order chi connectivity index (χ1) is 21.3. The van der Waals surface area contributed by atoms with Crippen LogP contribution in [-0.4, -0.2) is 27.1 Å². The lowest BCUT2D eigenvalue weighted by Crippen LogP contribution is -2.36. The Hall–Kier alpha value is -4.85. The van der Waals surface area contributed by atoms with E-state index in [0.717, 1.165) is 53.1 Å². The van der Waals surface area contributed by atoms with Gasteiger partial charge in [-0.3, -0.25) is 9.55 Å². The van der Waals surface area contributed by atoms with E-state index in [9.17, 15) is 18.5 Å². The summed E-state index contributed by atoms with van der Waals surface area (Å²) in [6.45, 7) is 1.92. The Bertz CT molecular complexity index is 2240. The molecule has 222 valence electrons. The summed E-state index contributed by atoms with van der Waals surface area (Å²) < 4.78 is 36.0. The first kappa shape index (κ1) is 28.0. The third-order valence-corrected chi connectivity index (χ3v) is 10.3. The Balaban J connectivity index is 1.45. The maximum absolute atomic E-state index is 13.7. The van der Waals surface area contributed by atoms with Crippen LogP contribution in [0.4, 0.5) is 0 Å². The molecule has 3 aromatic carbocycles. The monoisotopic (exact) mass is 604 g/mol. The summed E-state index contributed by atoms with van der Waals surface area (Å²) in [4.78, 5) is 16.5. The highest BCUT2D eigenvalue weighted by Gasteiger charge is 2.33. The number of aryl methyl sites for hydroxylation is 2. The Morgan fingerprint density at radius 1 is 0.932 bits per heavy atom. The van der Waals surface area contributed by atoms with Crippen molar-refractivity contribution in [1.82, 2.24) is 23.4 Å². The molecule has 3 heterocycles. The molecule has 10 heteroatoms. The molecule has 2 N–H and O–H groups in total. The zero-order chi connectivity index (χ0) is 30.6. The third-order valence-electron chi connectivity index (χ3n) is 8.87. The maximum Gasteiger partial charge on any atom is 0.331 e. The van der Waals surface area contributed by atoms with Gasteiger partial charge in [-0.15, -0.1) is 0 Å². The number of para-hydroxylation sites is 2. The zero-order valence-electron chi connectivity index (χ0n) is 24.5. The Morgan fingerprint density at radius 3 is 2.30 bits per heavy atom. The number of sulfonamides is 1. The molecular weight excluding hydrogens is 572 g/mol.